The van der Waals surface area contributed by atoms with Crippen molar-refractivity contribution in [2.24, 2.45) is 11.7 Å². The maximum atomic E-state index is 13.3. The fourth-order valence-corrected chi connectivity index (χ4v) is 3.01. The van der Waals surface area contributed by atoms with Crippen molar-refractivity contribution in [3.05, 3.63) is 34.1 Å². The lowest BCUT2D eigenvalue weighted by atomic mass is 9.92. The van der Waals surface area contributed by atoms with Gasteiger partial charge in [-0.1, -0.05) is 22.9 Å². The van der Waals surface area contributed by atoms with Crippen LogP contribution in [0, 0.1) is 11.7 Å². The first-order chi connectivity index (χ1) is 8.60. The number of likely N-dealkylation sites (tertiary alicyclic amines) is 1. The number of hydrogen-bond acceptors (Lipinski definition) is 2. The van der Waals surface area contributed by atoms with Crippen molar-refractivity contribution in [3.8, 4) is 0 Å². The summed E-state index contributed by atoms with van der Waals surface area (Å²) in [6.07, 6.45) is 2.34. The van der Waals surface area contributed by atoms with E-state index in [0.717, 1.165) is 35.5 Å². The van der Waals surface area contributed by atoms with Crippen LogP contribution in [0.5, 0.6) is 0 Å². The molecule has 1 saturated heterocycles. The average Bonchev–Trinajstić information content (AvgIpc) is 2.36. The second-order valence-electron chi connectivity index (χ2n) is 5.23. The van der Waals surface area contributed by atoms with Crippen LogP contribution in [0.1, 0.15) is 25.3 Å². The highest BCUT2D eigenvalue weighted by Gasteiger charge is 2.25. The number of nitrogens with zero attached hydrogens (tertiary/aromatic N) is 1. The topological polar surface area (TPSA) is 29.3 Å². The molecule has 1 aliphatic rings. The molecule has 2 atom stereocenters. The summed E-state index contributed by atoms with van der Waals surface area (Å²) < 4.78 is 14.2. The van der Waals surface area contributed by atoms with Gasteiger partial charge in [0.05, 0.1) is 0 Å². The molecule has 2 rings (SSSR count). The molecule has 2 nitrogen and oxygen atoms in total. The standard InChI is InChI=1S/C14H20BrFN2/c1-10-4-5-18(13(6-10)8-17)9-11-7-12(16)2-3-14(11)15/h2-3,7,10,13H,4-6,8-9,17H2,1H3. The minimum Gasteiger partial charge on any atom is -0.329 e. The maximum absolute atomic E-state index is 13.3. The predicted octanol–water partition coefficient (Wildman–Crippen LogP) is 3.15. The number of benzene rings is 1. The Kier molecular flexibility index (Phi) is 4.76. The number of halogens is 2. The lowest BCUT2D eigenvalue weighted by molar-refractivity contribution is 0.115. The number of hydrogen-bond donors (Lipinski definition) is 1. The minimum atomic E-state index is -0.178. The van der Waals surface area contributed by atoms with E-state index in [2.05, 4.69) is 27.8 Å². The molecule has 0 amide bonds. The summed E-state index contributed by atoms with van der Waals surface area (Å²) in [6, 6.07) is 5.28. The van der Waals surface area contributed by atoms with Crippen LogP contribution in [-0.4, -0.2) is 24.0 Å². The van der Waals surface area contributed by atoms with Gasteiger partial charge in [-0.05, 0) is 49.1 Å². The quantitative estimate of drug-likeness (QED) is 0.928. The fraction of sp³-hybridized carbons (Fsp3) is 0.571. The first kappa shape index (κ1) is 14.0. The summed E-state index contributed by atoms with van der Waals surface area (Å²) in [4.78, 5) is 2.37. The Hall–Kier alpha value is -0.450. The van der Waals surface area contributed by atoms with Gasteiger partial charge in [0, 0.05) is 23.6 Å². The maximum Gasteiger partial charge on any atom is 0.123 e. The molecule has 1 aromatic rings. The van der Waals surface area contributed by atoms with Crippen LogP contribution in [0.2, 0.25) is 0 Å². The molecule has 1 heterocycles. The fourth-order valence-electron chi connectivity index (χ4n) is 2.64. The Morgan fingerprint density at radius 3 is 3.00 bits per heavy atom. The lowest BCUT2D eigenvalue weighted by Crippen LogP contribution is -2.45. The summed E-state index contributed by atoms with van der Waals surface area (Å²) in [5.74, 6) is 0.564. The molecule has 0 radical (unpaired) electrons. The van der Waals surface area contributed by atoms with Gasteiger partial charge < -0.3 is 5.73 Å². The van der Waals surface area contributed by atoms with Crippen LogP contribution in [0.4, 0.5) is 4.39 Å². The predicted molar refractivity (Wildman–Crippen MR) is 75.8 cm³/mol. The van der Waals surface area contributed by atoms with Crippen LogP contribution in [0.3, 0.4) is 0 Å². The van der Waals surface area contributed by atoms with Crippen molar-refractivity contribution in [1.82, 2.24) is 4.90 Å². The lowest BCUT2D eigenvalue weighted by Gasteiger charge is -2.38. The Balaban J connectivity index is 2.10. The smallest absolute Gasteiger partial charge is 0.123 e. The van der Waals surface area contributed by atoms with Gasteiger partial charge in [0.1, 0.15) is 5.82 Å². The highest BCUT2D eigenvalue weighted by atomic mass is 79.9. The van der Waals surface area contributed by atoms with Crippen molar-refractivity contribution < 1.29 is 4.39 Å². The van der Waals surface area contributed by atoms with Gasteiger partial charge in [0.2, 0.25) is 0 Å². The van der Waals surface area contributed by atoms with E-state index in [1.807, 2.05) is 0 Å². The van der Waals surface area contributed by atoms with Gasteiger partial charge in [-0.25, -0.2) is 4.39 Å². The molecule has 4 heteroatoms. The molecule has 2 N–H and O–H groups in total. The number of piperidine rings is 1. The van der Waals surface area contributed by atoms with Gasteiger partial charge >= 0.3 is 0 Å². The number of nitrogens with two attached hydrogens (primary N) is 1. The third-order valence-corrected chi connectivity index (χ3v) is 4.53. The summed E-state index contributed by atoms with van der Waals surface area (Å²) in [5.41, 5.74) is 6.85. The van der Waals surface area contributed by atoms with Gasteiger partial charge in [0.15, 0.2) is 0 Å². The molecule has 1 aliphatic heterocycles. The van der Waals surface area contributed by atoms with Gasteiger partial charge in [-0.2, -0.15) is 0 Å². The molecule has 0 bridgehead atoms. The third kappa shape index (κ3) is 3.31. The van der Waals surface area contributed by atoms with E-state index in [9.17, 15) is 4.39 Å². The molecule has 100 valence electrons. The Morgan fingerprint density at radius 1 is 1.50 bits per heavy atom. The van der Waals surface area contributed by atoms with E-state index in [1.165, 1.54) is 12.5 Å². The second-order valence-corrected chi connectivity index (χ2v) is 6.08. The summed E-state index contributed by atoms with van der Waals surface area (Å²) in [7, 11) is 0. The van der Waals surface area contributed by atoms with Crippen molar-refractivity contribution >= 4 is 15.9 Å². The Labute approximate surface area is 116 Å². The Bertz CT molecular complexity index is 411. The Morgan fingerprint density at radius 2 is 2.28 bits per heavy atom. The van der Waals surface area contributed by atoms with Gasteiger partial charge in [-0.15, -0.1) is 0 Å². The normalized spacial score (nSPS) is 25.3. The molecule has 0 aliphatic carbocycles. The number of rotatable bonds is 3. The third-order valence-electron chi connectivity index (χ3n) is 3.75. The van der Waals surface area contributed by atoms with E-state index >= 15 is 0 Å². The van der Waals surface area contributed by atoms with Crippen LogP contribution in [-0.2, 0) is 6.54 Å². The van der Waals surface area contributed by atoms with Gasteiger partial charge in [-0.3, -0.25) is 4.90 Å². The van der Waals surface area contributed by atoms with E-state index < -0.39 is 0 Å². The minimum absolute atomic E-state index is 0.178. The highest BCUT2D eigenvalue weighted by Crippen LogP contribution is 2.26. The van der Waals surface area contributed by atoms with E-state index in [4.69, 9.17) is 5.73 Å². The van der Waals surface area contributed by atoms with E-state index in [-0.39, 0.29) is 5.82 Å². The summed E-state index contributed by atoms with van der Waals surface area (Å²) >= 11 is 3.49. The van der Waals surface area contributed by atoms with Crippen LogP contribution >= 0.6 is 15.9 Å². The molecular weight excluding hydrogens is 295 g/mol. The second kappa shape index (κ2) is 6.13. The molecule has 2 unspecified atom stereocenters. The molecule has 0 aromatic heterocycles. The molecule has 0 spiro atoms. The molecule has 0 saturated carbocycles. The van der Waals surface area contributed by atoms with Crippen LogP contribution < -0.4 is 5.73 Å². The summed E-state index contributed by atoms with van der Waals surface area (Å²) in [5, 5.41) is 0. The van der Waals surface area contributed by atoms with Crippen LogP contribution in [0.25, 0.3) is 0 Å². The van der Waals surface area contributed by atoms with Gasteiger partial charge in [0.25, 0.3) is 0 Å². The van der Waals surface area contributed by atoms with Crippen molar-refractivity contribution in [2.45, 2.75) is 32.4 Å². The first-order valence-electron chi connectivity index (χ1n) is 6.48. The first-order valence-corrected chi connectivity index (χ1v) is 7.27. The SMILES string of the molecule is CC1CCN(Cc2cc(F)ccc2Br)C(CN)C1. The van der Waals surface area contributed by atoms with Crippen molar-refractivity contribution in [2.75, 3.05) is 13.1 Å². The zero-order valence-corrected chi connectivity index (χ0v) is 12.3. The highest BCUT2D eigenvalue weighted by molar-refractivity contribution is 9.10. The molecule has 1 aromatic carbocycles. The molecule has 1 fully saturated rings. The van der Waals surface area contributed by atoms with Crippen molar-refractivity contribution in [3.63, 3.8) is 0 Å². The van der Waals surface area contributed by atoms with Crippen LogP contribution in [0.15, 0.2) is 22.7 Å². The molecular formula is C14H20BrFN2. The largest absolute Gasteiger partial charge is 0.329 e. The zero-order chi connectivity index (χ0) is 13.1. The van der Waals surface area contributed by atoms with E-state index in [1.54, 1.807) is 12.1 Å². The monoisotopic (exact) mass is 314 g/mol. The zero-order valence-electron chi connectivity index (χ0n) is 10.7. The average molecular weight is 315 g/mol. The van der Waals surface area contributed by atoms with Crippen molar-refractivity contribution in [1.29, 1.82) is 0 Å². The van der Waals surface area contributed by atoms with E-state index in [0.29, 0.717) is 12.6 Å². The summed E-state index contributed by atoms with van der Waals surface area (Å²) in [6.45, 7) is 4.77. The molecule has 18 heavy (non-hydrogen) atoms.